The maximum Gasteiger partial charge on any atom is 0.101 e. The zero-order valence-electron chi connectivity index (χ0n) is 9.27. The van der Waals surface area contributed by atoms with Crippen LogP contribution in [0.3, 0.4) is 0 Å². The first-order valence-electron chi connectivity index (χ1n) is 5.15. The van der Waals surface area contributed by atoms with Crippen LogP contribution < -0.4 is 5.32 Å². The van der Waals surface area contributed by atoms with E-state index in [9.17, 15) is 5.11 Å². The standard InChI is InChI=1S/C11H19NO2S/c1-9(8-14-2)6-12-7-10(13)11-4-3-5-15-11/h3-5,9-10,12-13H,6-8H2,1-2H3. The summed E-state index contributed by atoms with van der Waals surface area (Å²) in [5.41, 5.74) is 0. The van der Waals surface area contributed by atoms with Crippen molar-refractivity contribution in [3.05, 3.63) is 22.4 Å². The van der Waals surface area contributed by atoms with E-state index in [1.165, 1.54) is 0 Å². The lowest BCUT2D eigenvalue weighted by Crippen LogP contribution is -2.27. The van der Waals surface area contributed by atoms with E-state index < -0.39 is 0 Å². The molecule has 0 saturated carbocycles. The fourth-order valence-electron chi connectivity index (χ4n) is 1.39. The Morgan fingerprint density at radius 3 is 2.93 bits per heavy atom. The van der Waals surface area contributed by atoms with Crippen LogP contribution in [0.5, 0.6) is 0 Å². The van der Waals surface area contributed by atoms with Crippen LogP contribution in [0.1, 0.15) is 17.9 Å². The van der Waals surface area contributed by atoms with Crippen molar-refractivity contribution in [3.63, 3.8) is 0 Å². The quantitative estimate of drug-likeness (QED) is 0.747. The Hall–Kier alpha value is -0.420. The number of aliphatic hydroxyl groups is 1. The van der Waals surface area contributed by atoms with Crippen molar-refractivity contribution in [2.45, 2.75) is 13.0 Å². The Morgan fingerprint density at radius 1 is 1.53 bits per heavy atom. The largest absolute Gasteiger partial charge is 0.386 e. The molecule has 0 aliphatic rings. The molecule has 4 heteroatoms. The molecule has 2 N–H and O–H groups in total. The summed E-state index contributed by atoms with van der Waals surface area (Å²) in [5.74, 6) is 0.477. The molecule has 0 aliphatic heterocycles. The van der Waals surface area contributed by atoms with E-state index in [1.54, 1.807) is 18.4 Å². The molecule has 1 rings (SSSR count). The number of hydrogen-bond acceptors (Lipinski definition) is 4. The number of aliphatic hydroxyl groups excluding tert-OH is 1. The van der Waals surface area contributed by atoms with Gasteiger partial charge in [0.15, 0.2) is 0 Å². The fourth-order valence-corrected chi connectivity index (χ4v) is 2.10. The van der Waals surface area contributed by atoms with Crippen molar-refractivity contribution in [2.24, 2.45) is 5.92 Å². The molecular formula is C11H19NO2S. The monoisotopic (exact) mass is 229 g/mol. The summed E-state index contributed by atoms with van der Waals surface area (Å²) in [7, 11) is 1.71. The van der Waals surface area contributed by atoms with Crippen molar-refractivity contribution in [2.75, 3.05) is 26.8 Å². The van der Waals surface area contributed by atoms with Gasteiger partial charge in [-0.15, -0.1) is 11.3 Å². The second-order valence-electron chi connectivity index (χ2n) is 3.75. The second-order valence-corrected chi connectivity index (χ2v) is 4.73. The highest BCUT2D eigenvalue weighted by atomic mass is 32.1. The van der Waals surface area contributed by atoms with Gasteiger partial charge in [-0.25, -0.2) is 0 Å². The fraction of sp³-hybridized carbons (Fsp3) is 0.636. The number of thiophene rings is 1. The van der Waals surface area contributed by atoms with Gasteiger partial charge >= 0.3 is 0 Å². The van der Waals surface area contributed by atoms with Gasteiger partial charge in [0.1, 0.15) is 6.10 Å². The number of hydrogen-bond donors (Lipinski definition) is 2. The van der Waals surface area contributed by atoms with E-state index in [0.29, 0.717) is 12.5 Å². The van der Waals surface area contributed by atoms with Crippen LogP contribution in [-0.4, -0.2) is 31.9 Å². The van der Waals surface area contributed by atoms with Crippen LogP contribution in [0.2, 0.25) is 0 Å². The molecular weight excluding hydrogens is 210 g/mol. The van der Waals surface area contributed by atoms with Crippen LogP contribution in [0.15, 0.2) is 17.5 Å². The molecule has 0 aromatic carbocycles. The first-order chi connectivity index (χ1) is 7.24. The van der Waals surface area contributed by atoms with E-state index in [1.807, 2.05) is 17.5 Å². The van der Waals surface area contributed by atoms with E-state index in [-0.39, 0.29) is 6.10 Å². The van der Waals surface area contributed by atoms with Crippen LogP contribution in [0, 0.1) is 5.92 Å². The number of nitrogens with one attached hydrogen (secondary N) is 1. The number of methoxy groups -OCH3 is 1. The van der Waals surface area contributed by atoms with Crippen LogP contribution in [-0.2, 0) is 4.74 Å². The van der Waals surface area contributed by atoms with E-state index in [4.69, 9.17) is 4.74 Å². The summed E-state index contributed by atoms with van der Waals surface area (Å²) in [4.78, 5) is 1.02. The smallest absolute Gasteiger partial charge is 0.101 e. The average molecular weight is 229 g/mol. The van der Waals surface area contributed by atoms with Gasteiger partial charge in [0.2, 0.25) is 0 Å². The number of rotatable bonds is 7. The zero-order valence-corrected chi connectivity index (χ0v) is 10.1. The van der Waals surface area contributed by atoms with Gasteiger partial charge in [-0.3, -0.25) is 0 Å². The molecule has 0 radical (unpaired) electrons. The summed E-state index contributed by atoms with van der Waals surface area (Å²) in [6, 6.07) is 3.91. The maximum atomic E-state index is 9.77. The van der Waals surface area contributed by atoms with Crippen molar-refractivity contribution in [3.8, 4) is 0 Å². The highest BCUT2D eigenvalue weighted by Crippen LogP contribution is 2.17. The third kappa shape index (κ3) is 4.75. The Morgan fingerprint density at radius 2 is 2.33 bits per heavy atom. The van der Waals surface area contributed by atoms with Crippen LogP contribution in [0.4, 0.5) is 0 Å². The highest BCUT2D eigenvalue weighted by molar-refractivity contribution is 7.10. The summed E-state index contributed by atoms with van der Waals surface area (Å²) in [5, 5.41) is 15.0. The van der Waals surface area contributed by atoms with E-state index >= 15 is 0 Å². The number of ether oxygens (including phenoxy) is 1. The summed E-state index contributed by atoms with van der Waals surface area (Å²) >= 11 is 1.59. The lowest BCUT2D eigenvalue weighted by Gasteiger charge is -2.13. The van der Waals surface area contributed by atoms with Gasteiger partial charge < -0.3 is 15.2 Å². The molecule has 1 aromatic rings. The Labute approximate surface area is 95.1 Å². The van der Waals surface area contributed by atoms with E-state index in [0.717, 1.165) is 18.0 Å². The molecule has 0 bridgehead atoms. The Bertz CT molecular complexity index is 251. The summed E-state index contributed by atoms with van der Waals surface area (Å²) in [6.07, 6.45) is -0.389. The van der Waals surface area contributed by atoms with Crippen molar-refractivity contribution in [1.29, 1.82) is 0 Å². The van der Waals surface area contributed by atoms with Gasteiger partial charge in [-0.1, -0.05) is 13.0 Å². The molecule has 2 atom stereocenters. The molecule has 2 unspecified atom stereocenters. The van der Waals surface area contributed by atoms with E-state index in [2.05, 4.69) is 12.2 Å². The zero-order chi connectivity index (χ0) is 11.1. The van der Waals surface area contributed by atoms with Gasteiger partial charge in [-0.05, 0) is 17.4 Å². The SMILES string of the molecule is COCC(C)CNCC(O)c1cccs1. The Balaban J connectivity index is 2.15. The molecule has 0 aliphatic carbocycles. The first kappa shape index (κ1) is 12.6. The third-order valence-electron chi connectivity index (χ3n) is 2.15. The minimum atomic E-state index is -0.389. The molecule has 0 spiro atoms. The minimum absolute atomic E-state index is 0.389. The molecule has 0 fully saturated rings. The van der Waals surface area contributed by atoms with Crippen molar-refractivity contribution in [1.82, 2.24) is 5.32 Å². The topological polar surface area (TPSA) is 41.5 Å². The van der Waals surface area contributed by atoms with Crippen molar-refractivity contribution < 1.29 is 9.84 Å². The summed E-state index contributed by atoms with van der Waals surface area (Å²) < 4.78 is 5.03. The van der Waals surface area contributed by atoms with Gasteiger partial charge in [0.25, 0.3) is 0 Å². The molecule has 15 heavy (non-hydrogen) atoms. The third-order valence-corrected chi connectivity index (χ3v) is 3.13. The average Bonchev–Trinajstić information content (AvgIpc) is 2.70. The molecule has 3 nitrogen and oxygen atoms in total. The van der Waals surface area contributed by atoms with Gasteiger partial charge in [-0.2, -0.15) is 0 Å². The minimum Gasteiger partial charge on any atom is -0.386 e. The predicted octanol–water partition coefficient (Wildman–Crippen LogP) is 1.65. The summed E-state index contributed by atoms with van der Waals surface area (Å²) in [6.45, 7) is 4.35. The van der Waals surface area contributed by atoms with Gasteiger partial charge in [0, 0.05) is 31.7 Å². The Kier molecular flexibility index (Phi) is 5.86. The lowest BCUT2D eigenvalue weighted by molar-refractivity contribution is 0.148. The molecule has 1 heterocycles. The normalized spacial score (nSPS) is 15.1. The molecule has 0 amide bonds. The molecule has 86 valence electrons. The van der Waals surface area contributed by atoms with Gasteiger partial charge in [0.05, 0.1) is 0 Å². The van der Waals surface area contributed by atoms with Crippen molar-refractivity contribution >= 4 is 11.3 Å². The van der Waals surface area contributed by atoms with Crippen LogP contribution in [0.25, 0.3) is 0 Å². The van der Waals surface area contributed by atoms with Crippen LogP contribution >= 0.6 is 11.3 Å². The first-order valence-corrected chi connectivity index (χ1v) is 6.03. The second kappa shape index (κ2) is 6.95. The highest BCUT2D eigenvalue weighted by Gasteiger charge is 2.08. The lowest BCUT2D eigenvalue weighted by atomic mass is 10.2. The molecule has 0 saturated heterocycles. The maximum absolute atomic E-state index is 9.77. The predicted molar refractivity (Wildman–Crippen MR) is 63.2 cm³/mol. The molecule has 1 aromatic heterocycles.